The zero-order chi connectivity index (χ0) is 18.7. The van der Waals surface area contributed by atoms with Crippen molar-refractivity contribution in [1.82, 2.24) is 14.9 Å². The van der Waals surface area contributed by atoms with Crippen molar-refractivity contribution in [3.05, 3.63) is 59.6 Å². The van der Waals surface area contributed by atoms with Crippen LogP contribution in [0.15, 0.2) is 36.8 Å². The Labute approximate surface area is 147 Å². The minimum atomic E-state index is -0.815. The van der Waals surface area contributed by atoms with Crippen molar-refractivity contribution in [3.63, 3.8) is 0 Å². The van der Waals surface area contributed by atoms with Crippen LogP contribution in [0.4, 0.5) is 20.2 Å². The maximum Gasteiger partial charge on any atom is 0.278 e. The van der Waals surface area contributed by atoms with Gasteiger partial charge < -0.3 is 14.8 Å². The first kappa shape index (κ1) is 17.8. The van der Waals surface area contributed by atoms with E-state index in [9.17, 15) is 13.6 Å². The van der Waals surface area contributed by atoms with E-state index in [0.29, 0.717) is 5.56 Å². The van der Waals surface area contributed by atoms with Gasteiger partial charge >= 0.3 is 0 Å². The van der Waals surface area contributed by atoms with Crippen LogP contribution in [0.5, 0.6) is 0 Å². The summed E-state index contributed by atoms with van der Waals surface area (Å²) in [5.74, 6) is -2.16. The number of nitrogens with zero attached hydrogens (tertiary/aromatic N) is 2. The number of aliphatic hydroxyl groups is 1. The molecule has 0 aliphatic rings. The number of carbonyl (C=O) groups excluding carboxylic acids is 1. The van der Waals surface area contributed by atoms with E-state index in [1.807, 2.05) is 0 Å². The van der Waals surface area contributed by atoms with E-state index in [4.69, 9.17) is 9.94 Å². The maximum absolute atomic E-state index is 14.9. The predicted octanol–water partition coefficient (Wildman–Crippen LogP) is 2.32. The highest BCUT2D eigenvalue weighted by Crippen LogP contribution is 2.28. The van der Waals surface area contributed by atoms with Crippen LogP contribution in [0.2, 0.25) is 0 Å². The fraction of sp³-hybridized carbons (Fsp3) is 0.176. The summed E-state index contributed by atoms with van der Waals surface area (Å²) in [5, 5.41) is 11.3. The van der Waals surface area contributed by atoms with Crippen LogP contribution < -0.4 is 10.8 Å². The average molecular weight is 362 g/mol. The summed E-state index contributed by atoms with van der Waals surface area (Å²) < 4.78 is 30.3. The molecule has 0 saturated carbocycles. The number of halogens is 2. The molecule has 0 spiro atoms. The lowest BCUT2D eigenvalue weighted by Crippen LogP contribution is -2.26. The topological polar surface area (TPSA) is 87.9 Å². The number of amides is 1. The van der Waals surface area contributed by atoms with Gasteiger partial charge in [0.2, 0.25) is 0 Å². The highest BCUT2D eigenvalue weighted by atomic mass is 19.1. The molecule has 26 heavy (non-hydrogen) atoms. The van der Waals surface area contributed by atoms with Crippen LogP contribution in [-0.4, -0.2) is 33.6 Å². The van der Waals surface area contributed by atoms with Gasteiger partial charge in [0.25, 0.3) is 5.91 Å². The third-order valence-electron chi connectivity index (χ3n) is 3.61. The minimum Gasteiger partial charge on any atom is -0.394 e. The molecular formula is C17H16F2N4O3. The molecular weight excluding hydrogens is 346 g/mol. The lowest BCUT2D eigenvalue weighted by molar-refractivity contribution is 0.0168. The molecule has 0 radical (unpaired) electrons. The first-order chi connectivity index (χ1) is 12.5. The van der Waals surface area contributed by atoms with E-state index in [0.717, 1.165) is 0 Å². The first-order valence-electron chi connectivity index (χ1n) is 7.72. The molecule has 2 aromatic heterocycles. The van der Waals surface area contributed by atoms with Crippen molar-refractivity contribution in [2.75, 3.05) is 18.5 Å². The number of hydrogen-bond donors (Lipinski definition) is 3. The number of hydrogen-bond acceptors (Lipinski definition) is 5. The Morgan fingerprint density at radius 2 is 2.19 bits per heavy atom. The molecule has 0 aliphatic heterocycles. The second-order valence-electron chi connectivity index (χ2n) is 5.50. The molecule has 7 nitrogen and oxygen atoms in total. The van der Waals surface area contributed by atoms with Crippen molar-refractivity contribution >= 4 is 22.9 Å². The molecule has 3 N–H and O–H groups in total. The van der Waals surface area contributed by atoms with Crippen molar-refractivity contribution in [3.8, 4) is 0 Å². The van der Waals surface area contributed by atoms with E-state index in [2.05, 4.69) is 15.8 Å². The van der Waals surface area contributed by atoms with Crippen LogP contribution in [0.3, 0.4) is 0 Å². The number of aryl methyl sites for hydroxylation is 1. The zero-order valence-electron chi connectivity index (χ0n) is 13.8. The van der Waals surface area contributed by atoms with Gasteiger partial charge in [0.1, 0.15) is 5.82 Å². The maximum atomic E-state index is 14.9. The normalized spacial score (nSPS) is 10.9. The zero-order valence-corrected chi connectivity index (χ0v) is 13.8. The van der Waals surface area contributed by atoms with Crippen molar-refractivity contribution in [2.45, 2.75) is 6.92 Å². The van der Waals surface area contributed by atoms with Gasteiger partial charge in [0.05, 0.1) is 30.2 Å². The predicted molar refractivity (Wildman–Crippen MR) is 90.1 cm³/mol. The molecule has 9 heteroatoms. The summed E-state index contributed by atoms with van der Waals surface area (Å²) in [6.45, 7) is 1.30. The number of carbonyl (C=O) groups is 1. The summed E-state index contributed by atoms with van der Waals surface area (Å²) >= 11 is 0. The smallest absolute Gasteiger partial charge is 0.278 e. The number of nitrogens with one attached hydrogen (secondary N) is 2. The van der Waals surface area contributed by atoms with Crippen LogP contribution >= 0.6 is 0 Å². The number of imidazole rings is 1. The number of fused-ring (bicyclic) bond motifs is 1. The fourth-order valence-corrected chi connectivity index (χ4v) is 2.39. The molecule has 136 valence electrons. The van der Waals surface area contributed by atoms with Gasteiger partial charge in [0, 0.05) is 18.6 Å². The lowest BCUT2D eigenvalue weighted by atomic mass is 10.1. The van der Waals surface area contributed by atoms with Crippen LogP contribution in [0.25, 0.3) is 5.65 Å². The molecule has 1 aromatic carbocycles. The van der Waals surface area contributed by atoms with Crippen molar-refractivity contribution in [1.29, 1.82) is 0 Å². The quantitative estimate of drug-likeness (QED) is 0.463. The molecule has 0 aliphatic carbocycles. The van der Waals surface area contributed by atoms with E-state index in [1.54, 1.807) is 13.0 Å². The number of aliphatic hydroxyl groups excluding tert-OH is 1. The molecule has 0 bridgehead atoms. The molecule has 0 saturated heterocycles. The molecule has 2 heterocycles. The van der Waals surface area contributed by atoms with Crippen LogP contribution in [-0.2, 0) is 4.84 Å². The highest BCUT2D eigenvalue weighted by Gasteiger charge is 2.21. The SMILES string of the molecule is Cc1ccc(Nc2c(C(=O)NOCCO)cn3ccnc3c2F)c(F)c1. The molecule has 0 unspecified atom stereocenters. The van der Waals surface area contributed by atoms with Crippen molar-refractivity contribution in [2.24, 2.45) is 0 Å². The summed E-state index contributed by atoms with van der Waals surface area (Å²) in [6.07, 6.45) is 4.19. The minimum absolute atomic E-state index is 0.00994. The number of aromatic nitrogens is 2. The highest BCUT2D eigenvalue weighted by molar-refractivity contribution is 6.00. The Hall–Kier alpha value is -3.04. The Kier molecular flexibility index (Phi) is 5.10. The van der Waals surface area contributed by atoms with E-state index in [1.165, 1.54) is 35.1 Å². The summed E-state index contributed by atoms with van der Waals surface area (Å²) in [5.41, 5.74) is 2.43. The number of anilines is 2. The standard InChI is InChI=1S/C17H16F2N4O3/c1-10-2-3-13(12(18)8-10)21-15-11(17(25)22-26-7-6-24)9-23-5-4-20-16(23)14(15)19/h2-5,8-9,21,24H,6-7H2,1H3,(H,22,25). The Bertz CT molecular complexity index is 959. The summed E-state index contributed by atoms with van der Waals surface area (Å²) in [4.78, 5) is 21.0. The lowest BCUT2D eigenvalue weighted by Gasteiger charge is -2.15. The van der Waals surface area contributed by atoms with E-state index >= 15 is 0 Å². The van der Waals surface area contributed by atoms with Crippen LogP contribution in [0.1, 0.15) is 15.9 Å². The third-order valence-corrected chi connectivity index (χ3v) is 3.61. The largest absolute Gasteiger partial charge is 0.394 e. The number of hydroxylamine groups is 1. The fourth-order valence-electron chi connectivity index (χ4n) is 2.39. The van der Waals surface area contributed by atoms with Gasteiger partial charge in [0.15, 0.2) is 11.5 Å². The van der Waals surface area contributed by atoms with Gasteiger partial charge in [-0.15, -0.1) is 0 Å². The van der Waals surface area contributed by atoms with Crippen molar-refractivity contribution < 1.29 is 23.5 Å². The Morgan fingerprint density at radius 1 is 1.38 bits per heavy atom. The average Bonchev–Trinajstić information content (AvgIpc) is 3.08. The number of rotatable bonds is 6. The summed E-state index contributed by atoms with van der Waals surface area (Å²) in [6, 6.07) is 4.39. The summed E-state index contributed by atoms with van der Waals surface area (Å²) in [7, 11) is 0. The van der Waals surface area contributed by atoms with Gasteiger partial charge in [-0.3, -0.25) is 9.63 Å². The van der Waals surface area contributed by atoms with E-state index < -0.39 is 17.5 Å². The Balaban J connectivity index is 2.04. The molecule has 0 fully saturated rings. The van der Waals surface area contributed by atoms with Crippen LogP contribution in [0, 0.1) is 18.6 Å². The second-order valence-corrected chi connectivity index (χ2v) is 5.50. The van der Waals surface area contributed by atoms with Gasteiger partial charge in [-0.1, -0.05) is 6.07 Å². The molecule has 1 amide bonds. The first-order valence-corrected chi connectivity index (χ1v) is 7.72. The van der Waals surface area contributed by atoms with Gasteiger partial charge in [-0.25, -0.2) is 19.2 Å². The monoisotopic (exact) mass is 362 g/mol. The van der Waals surface area contributed by atoms with Gasteiger partial charge in [-0.05, 0) is 24.6 Å². The molecule has 3 aromatic rings. The number of pyridine rings is 1. The van der Waals surface area contributed by atoms with Gasteiger partial charge in [-0.2, -0.15) is 0 Å². The van der Waals surface area contributed by atoms with E-state index in [-0.39, 0.29) is 35.8 Å². The Morgan fingerprint density at radius 3 is 2.92 bits per heavy atom. The molecule has 3 rings (SSSR count). The second kappa shape index (κ2) is 7.46. The molecule has 0 atom stereocenters. The number of benzene rings is 1. The third kappa shape index (κ3) is 3.48.